The zero-order valence-corrected chi connectivity index (χ0v) is 14.0. The molecule has 6 nitrogen and oxygen atoms in total. The Hall–Kier alpha value is -2.47. The van der Waals surface area contributed by atoms with Crippen molar-refractivity contribution in [3.8, 4) is 5.69 Å². The molecule has 1 aliphatic heterocycles. The number of benzene rings is 1. The Kier molecular flexibility index (Phi) is 3.90. The number of hydrogen-bond donors (Lipinski definition) is 0. The van der Waals surface area contributed by atoms with Gasteiger partial charge in [-0.25, -0.2) is 4.68 Å². The summed E-state index contributed by atoms with van der Waals surface area (Å²) in [5.41, 5.74) is 4.25. The van der Waals surface area contributed by atoms with E-state index in [-0.39, 0.29) is 0 Å². The first-order valence-electron chi connectivity index (χ1n) is 8.36. The molecule has 0 radical (unpaired) electrons. The SMILES string of the molecule is Cc1noc(C)c1[C@@H]1CCCN1Cc1cn(-c2ccccc2)nn1. The second-order valence-corrected chi connectivity index (χ2v) is 6.36. The average molecular weight is 323 g/mol. The van der Waals surface area contributed by atoms with E-state index in [2.05, 4.69) is 20.4 Å². The minimum absolute atomic E-state index is 0.359. The fourth-order valence-electron chi connectivity index (χ4n) is 3.59. The molecule has 0 aliphatic carbocycles. The highest BCUT2D eigenvalue weighted by atomic mass is 16.5. The maximum absolute atomic E-state index is 5.36. The van der Waals surface area contributed by atoms with Gasteiger partial charge in [-0.1, -0.05) is 28.6 Å². The second-order valence-electron chi connectivity index (χ2n) is 6.36. The molecule has 0 amide bonds. The molecular formula is C18H21N5O. The number of aromatic nitrogens is 4. The number of para-hydroxylation sites is 1. The van der Waals surface area contributed by atoms with Crippen LogP contribution in [0.1, 0.15) is 41.6 Å². The van der Waals surface area contributed by atoms with Gasteiger partial charge in [0.05, 0.1) is 23.3 Å². The van der Waals surface area contributed by atoms with Crippen LogP contribution in [0.5, 0.6) is 0 Å². The number of hydrogen-bond acceptors (Lipinski definition) is 5. The molecule has 3 heterocycles. The third-order valence-electron chi connectivity index (χ3n) is 4.71. The van der Waals surface area contributed by atoms with Gasteiger partial charge in [-0.05, 0) is 45.4 Å². The quantitative estimate of drug-likeness (QED) is 0.738. The molecule has 1 atom stereocenters. The Labute approximate surface area is 141 Å². The Balaban J connectivity index is 1.54. The summed E-state index contributed by atoms with van der Waals surface area (Å²) in [6, 6.07) is 10.4. The van der Waals surface area contributed by atoms with Crippen LogP contribution in [0.4, 0.5) is 0 Å². The lowest BCUT2D eigenvalue weighted by molar-refractivity contribution is 0.242. The molecule has 0 spiro atoms. The summed E-state index contributed by atoms with van der Waals surface area (Å²) in [6.45, 7) is 5.88. The summed E-state index contributed by atoms with van der Waals surface area (Å²) in [7, 11) is 0. The maximum atomic E-state index is 5.36. The number of rotatable bonds is 4. The Morgan fingerprint density at radius 3 is 2.79 bits per heavy atom. The van der Waals surface area contributed by atoms with Crippen LogP contribution in [-0.4, -0.2) is 31.6 Å². The van der Waals surface area contributed by atoms with Gasteiger partial charge in [-0.3, -0.25) is 4.90 Å². The van der Waals surface area contributed by atoms with Crippen molar-refractivity contribution < 1.29 is 4.52 Å². The summed E-state index contributed by atoms with van der Waals surface area (Å²) in [6.07, 6.45) is 4.33. The number of likely N-dealkylation sites (tertiary alicyclic amines) is 1. The van der Waals surface area contributed by atoms with Gasteiger partial charge in [0, 0.05) is 18.2 Å². The topological polar surface area (TPSA) is 60.0 Å². The molecule has 1 fully saturated rings. The van der Waals surface area contributed by atoms with Gasteiger partial charge in [0.25, 0.3) is 0 Å². The molecule has 124 valence electrons. The highest BCUT2D eigenvalue weighted by molar-refractivity contribution is 5.30. The molecule has 6 heteroatoms. The van der Waals surface area contributed by atoms with Crippen LogP contribution >= 0.6 is 0 Å². The summed E-state index contributed by atoms with van der Waals surface area (Å²) >= 11 is 0. The van der Waals surface area contributed by atoms with Crippen molar-refractivity contribution >= 4 is 0 Å². The van der Waals surface area contributed by atoms with Crippen LogP contribution in [0, 0.1) is 13.8 Å². The van der Waals surface area contributed by atoms with Crippen molar-refractivity contribution in [3.05, 3.63) is 59.2 Å². The third-order valence-corrected chi connectivity index (χ3v) is 4.71. The highest BCUT2D eigenvalue weighted by Gasteiger charge is 2.31. The first kappa shape index (κ1) is 15.1. The average Bonchev–Trinajstić information content (AvgIpc) is 3.31. The summed E-state index contributed by atoms with van der Waals surface area (Å²) < 4.78 is 7.19. The molecule has 3 aromatic rings. The van der Waals surface area contributed by atoms with E-state index in [0.29, 0.717) is 6.04 Å². The van der Waals surface area contributed by atoms with Crippen molar-refractivity contribution in [2.45, 2.75) is 39.3 Å². The van der Waals surface area contributed by atoms with Crippen molar-refractivity contribution in [1.82, 2.24) is 25.1 Å². The second kappa shape index (κ2) is 6.20. The Bertz CT molecular complexity index is 804. The van der Waals surface area contributed by atoms with Crippen molar-refractivity contribution in [2.24, 2.45) is 0 Å². The van der Waals surface area contributed by atoms with E-state index in [4.69, 9.17) is 4.52 Å². The number of aryl methyl sites for hydroxylation is 2. The monoisotopic (exact) mass is 323 g/mol. The van der Waals surface area contributed by atoms with Gasteiger partial charge in [0.15, 0.2) is 0 Å². The lowest BCUT2D eigenvalue weighted by Crippen LogP contribution is -2.23. The molecule has 0 unspecified atom stereocenters. The van der Waals surface area contributed by atoms with Crippen LogP contribution in [0.3, 0.4) is 0 Å². The summed E-state index contributed by atoms with van der Waals surface area (Å²) in [4.78, 5) is 2.45. The van der Waals surface area contributed by atoms with Crippen LogP contribution in [0.25, 0.3) is 5.69 Å². The van der Waals surface area contributed by atoms with E-state index in [0.717, 1.165) is 42.3 Å². The fourth-order valence-corrected chi connectivity index (χ4v) is 3.59. The van der Waals surface area contributed by atoms with E-state index in [1.807, 2.05) is 55.1 Å². The minimum atomic E-state index is 0.359. The normalized spacial score (nSPS) is 18.3. The minimum Gasteiger partial charge on any atom is -0.361 e. The van der Waals surface area contributed by atoms with Gasteiger partial charge in [0.2, 0.25) is 0 Å². The largest absolute Gasteiger partial charge is 0.361 e. The molecule has 1 aliphatic rings. The molecule has 0 N–H and O–H groups in total. The fraction of sp³-hybridized carbons (Fsp3) is 0.389. The van der Waals surface area contributed by atoms with E-state index >= 15 is 0 Å². The molecule has 2 aromatic heterocycles. The summed E-state index contributed by atoms with van der Waals surface area (Å²) in [5.74, 6) is 0.928. The van der Waals surface area contributed by atoms with E-state index in [1.165, 1.54) is 12.0 Å². The van der Waals surface area contributed by atoms with Crippen molar-refractivity contribution in [3.63, 3.8) is 0 Å². The maximum Gasteiger partial charge on any atom is 0.138 e. The third kappa shape index (κ3) is 2.73. The lowest BCUT2D eigenvalue weighted by atomic mass is 10.0. The molecule has 0 saturated carbocycles. The predicted molar refractivity (Wildman–Crippen MR) is 89.7 cm³/mol. The van der Waals surface area contributed by atoms with Crippen LogP contribution < -0.4 is 0 Å². The molecule has 1 aromatic carbocycles. The number of nitrogens with zero attached hydrogens (tertiary/aromatic N) is 5. The first-order valence-corrected chi connectivity index (χ1v) is 8.36. The molecule has 24 heavy (non-hydrogen) atoms. The Morgan fingerprint density at radius 2 is 2.04 bits per heavy atom. The first-order chi connectivity index (χ1) is 11.7. The molecule has 0 bridgehead atoms. The van der Waals surface area contributed by atoms with Crippen molar-refractivity contribution in [1.29, 1.82) is 0 Å². The smallest absolute Gasteiger partial charge is 0.138 e. The zero-order chi connectivity index (χ0) is 16.5. The van der Waals surface area contributed by atoms with E-state index < -0.39 is 0 Å². The van der Waals surface area contributed by atoms with Gasteiger partial charge < -0.3 is 4.52 Å². The Morgan fingerprint density at radius 1 is 1.21 bits per heavy atom. The molecule has 1 saturated heterocycles. The van der Waals surface area contributed by atoms with Gasteiger partial charge in [-0.2, -0.15) is 0 Å². The van der Waals surface area contributed by atoms with E-state index in [9.17, 15) is 0 Å². The molecular weight excluding hydrogens is 302 g/mol. The highest BCUT2D eigenvalue weighted by Crippen LogP contribution is 2.36. The van der Waals surface area contributed by atoms with Gasteiger partial charge >= 0.3 is 0 Å². The lowest BCUT2D eigenvalue weighted by Gasteiger charge is -2.23. The van der Waals surface area contributed by atoms with E-state index in [1.54, 1.807) is 0 Å². The standard InChI is InChI=1S/C18H21N5O/c1-13-18(14(2)24-20-13)17-9-6-10-22(17)11-15-12-23(21-19-15)16-7-4-3-5-8-16/h3-5,7-8,12,17H,6,9-11H2,1-2H3/t17-/m0/s1. The summed E-state index contributed by atoms with van der Waals surface area (Å²) in [5, 5.41) is 12.7. The van der Waals surface area contributed by atoms with Crippen molar-refractivity contribution in [2.75, 3.05) is 6.54 Å². The zero-order valence-electron chi connectivity index (χ0n) is 14.0. The molecule has 4 rings (SSSR count). The predicted octanol–water partition coefficient (Wildman–Crippen LogP) is 3.21. The van der Waals surface area contributed by atoms with Crippen LogP contribution in [0.2, 0.25) is 0 Å². The van der Waals surface area contributed by atoms with Gasteiger partial charge in [-0.15, -0.1) is 5.10 Å². The van der Waals surface area contributed by atoms with Crippen LogP contribution in [0.15, 0.2) is 41.1 Å². The van der Waals surface area contributed by atoms with Crippen LogP contribution in [-0.2, 0) is 6.54 Å². The van der Waals surface area contributed by atoms with Gasteiger partial charge in [0.1, 0.15) is 5.76 Å².